The maximum atomic E-state index is 10.7. The Morgan fingerprint density at radius 1 is 1.35 bits per heavy atom. The highest BCUT2D eigenvalue weighted by Crippen LogP contribution is 2.22. The number of carbonyl (C=O) groups is 1. The fraction of sp³-hybridized carbons (Fsp3) is 0.286. The molecule has 0 unspecified atom stereocenters. The molecule has 20 heavy (non-hydrogen) atoms. The summed E-state index contributed by atoms with van der Waals surface area (Å²) in [5.41, 5.74) is 1.08. The molecule has 1 heterocycles. The SMILES string of the molecule is CC[n+]1c(SCC(=O)O)ccc2cc(OC)ccc21.[Br-]. The fourth-order valence-corrected chi connectivity index (χ4v) is 2.82. The van der Waals surface area contributed by atoms with Crippen LogP contribution in [-0.4, -0.2) is 23.9 Å². The molecule has 0 bridgehead atoms. The number of benzene rings is 1. The summed E-state index contributed by atoms with van der Waals surface area (Å²) in [6.45, 7) is 2.85. The molecule has 0 spiro atoms. The minimum Gasteiger partial charge on any atom is -1.00 e. The zero-order valence-corrected chi connectivity index (χ0v) is 13.7. The Labute approximate surface area is 132 Å². The lowest BCUT2D eigenvalue weighted by Crippen LogP contribution is -3.00. The van der Waals surface area contributed by atoms with Gasteiger partial charge in [-0.2, -0.15) is 4.57 Å². The Morgan fingerprint density at radius 3 is 2.70 bits per heavy atom. The number of aryl methyl sites for hydroxylation is 1. The van der Waals surface area contributed by atoms with E-state index in [0.717, 1.165) is 28.2 Å². The summed E-state index contributed by atoms with van der Waals surface area (Å²) in [5, 5.41) is 10.8. The summed E-state index contributed by atoms with van der Waals surface area (Å²) in [7, 11) is 1.64. The van der Waals surface area contributed by atoms with Gasteiger partial charge in [0.25, 0.3) is 0 Å². The first-order chi connectivity index (χ1) is 9.15. The molecule has 1 N–H and O–H groups in total. The fourth-order valence-electron chi connectivity index (χ4n) is 2.00. The van der Waals surface area contributed by atoms with E-state index < -0.39 is 5.97 Å². The number of carboxylic acid groups (broad SMARTS) is 1. The standard InChI is InChI=1S/C14H15NO3S.BrH/c1-3-15-12-6-5-11(18-2)8-10(12)4-7-13(15)19-9-14(16)17;/h4-8H,3,9H2,1-2H3;1H. The van der Waals surface area contributed by atoms with E-state index in [1.54, 1.807) is 7.11 Å². The number of halogens is 1. The van der Waals surface area contributed by atoms with Crippen LogP contribution in [0, 0.1) is 0 Å². The van der Waals surface area contributed by atoms with Gasteiger partial charge in [0.1, 0.15) is 18.0 Å². The zero-order chi connectivity index (χ0) is 13.8. The zero-order valence-electron chi connectivity index (χ0n) is 11.3. The van der Waals surface area contributed by atoms with Crippen LogP contribution in [0.1, 0.15) is 6.92 Å². The highest BCUT2D eigenvalue weighted by Gasteiger charge is 2.16. The molecule has 1 aromatic heterocycles. The van der Waals surface area contributed by atoms with Crippen LogP contribution in [0.4, 0.5) is 0 Å². The molecular formula is C14H16BrNO3S. The third-order valence-electron chi connectivity index (χ3n) is 2.86. The summed E-state index contributed by atoms with van der Waals surface area (Å²) in [6, 6.07) is 9.85. The number of aromatic nitrogens is 1. The topological polar surface area (TPSA) is 50.4 Å². The van der Waals surface area contributed by atoms with Gasteiger partial charge in [-0.1, -0.05) is 0 Å². The molecule has 0 saturated carbocycles. The summed E-state index contributed by atoms with van der Waals surface area (Å²) < 4.78 is 7.33. The molecule has 2 aromatic rings. The van der Waals surface area contributed by atoms with Gasteiger partial charge < -0.3 is 26.8 Å². The number of ether oxygens (including phenoxy) is 1. The van der Waals surface area contributed by atoms with Crippen LogP contribution in [0.2, 0.25) is 0 Å². The molecule has 0 radical (unpaired) electrons. The van der Waals surface area contributed by atoms with Gasteiger partial charge in [-0.3, -0.25) is 4.79 Å². The van der Waals surface area contributed by atoms with Crippen LogP contribution < -0.4 is 26.3 Å². The second kappa shape index (κ2) is 7.50. The van der Waals surface area contributed by atoms with E-state index in [1.165, 1.54) is 11.8 Å². The molecule has 0 aliphatic carbocycles. The van der Waals surface area contributed by atoms with Crippen molar-refractivity contribution in [1.29, 1.82) is 0 Å². The van der Waals surface area contributed by atoms with Crippen molar-refractivity contribution >= 4 is 28.6 Å². The summed E-state index contributed by atoms with van der Waals surface area (Å²) in [6.07, 6.45) is 0. The molecule has 0 aliphatic rings. The monoisotopic (exact) mass is 357 g/mol. The van der Waals surface area contributed by atoms with Crippen molar-refractivity contribution in [1.82, 2.24) is 0 Å². The van der Waals surface area contributed by atoms with E-state index in [9.17, 15) is 4.79 Å². The number of rotatable bonds is 5. The van der Waals surface area contributed by atoms with Gasteiger partial charge in [-0.05, 0) is 36.9 Å². The van der Waals surface area contributed by atoms with Crippen LogP contribution >= 0.6 is 11.8 Å². The van der Waals surface area contributed by atoms with Crippen LogP contribution in [0.5, 0.6) is 5.75 Å². The number of thioether (sulfide) groups is 1. The quantitative estimate of drug-likeness (QED) is 0.570. The highest BCUT2D eigenvalue weighted by atomic mass is 79.9. The molecule has 6 heteroatoms. The van der Waals surface area contributed by atoms with E-state index in [1.807, 2.05) is 30.3 Å². The Hall–Kier alpha value is -1.27. The van der Waals surface area contributed by atoms with E-state index >= 15 is 0 Å². The molecule has 0 amide bonds. The minimum absolute atomic E-state index is 0. The molecule has 0 aliphatic heterocycles. The van der Waals surface area contributed by atoms with Gasteiger partial charge in [0.15, 0.2) is 0 Å². The van der Waals surface area contributed by atoms with Crippen molar-refractivity contribution in [3.05, 3.63) is 30.3 Å². The van der Waals surface area contributed by atoms with Crippen LogP contribution in [0.15, 0.2) is 35.4 Å². The first kappa shape index (κ1) is 16.8. The van der Waals surface area contributed by atoms with Gasteiger partial charge in [0, 0.05) is 12.1 Å². The number of pyridine rings is 1. The van der Waals surface area contributed by atoms with Crippen molar-refractivity contribution in [3.8, 4) is 5.75 Å². The number of methoxy groups -OCH3 is 1. The van der Waals surface area contributed by atoms with Crippen LogP contribution in [-0.2, 0) is 11.3 Å². The molecule has 2 rings (SSSR count). The Kier molecular flexibility index (Phi) is 6.29. The summed E-state index contributed by atoms with van der Waals surface area (Å²) in [5.74, 6) is 0.0883. The lowest BCUT2D eigenvalue weighted by molar-refractivity contribution is -0.704. The first-order valence-electron chi connectivity index (χ1n) is 6.01. The van der Waals surface area contributed by atoms with Gasteiger partial charge in [-0.15, -0.1) is 0 Å². The molecule has 0 atom stereocenters. The van der Waals surface area contributed by atoms with Gasteiger partial charge >= 0.3 is 5.97 Å². The average Bonchev–Trinajstić information content (AvgIpc) is 2.43. The number of hydrogen-bond donors (Lipinski definition) is 1. The van der Waals surface area contributed by atoms with E-state index in [4.69, 9.17) is 9.84 Å². The first-order valence-corrected chi connectivity index (χ1v) is 6.99. The lowest BCUT2D eigenvalue weighted by Gasteiger charge is -2.06. The van der Waals surface area contributed by atoms with E-state index in [0.29, 0.717) is 0 Å². The third-order valence-corrected chi connectivity index (χ3v) is 3.90. The molecular weight excluding hydrogens is 342 g/mol. The van der Waals surface area contributed by atoms with Crippen LogP contribution in [0.25, 0.3) is 10.9 Å². The van der Waals surface area contributed by atoms with Crippen molar-refractivity contribution < 1.29 is 36.2 Å². The van der Waals surface area contributed by atoms with E-state index in [-0.39, 0.29) is 22.7 Å². The van der Waals surface area contributed by atoms with E-state index in [2.05, 4.69) is 11.5 Å². The summed E-state index contributed by atoms with van der Waals surface area (Å²) in [4.78, 5) is 10.7. The number of nitrogens with zero attached hydrogens (tertiary/aromatic N) is 1. The largest absolute Gasteiger partial charge is 1.00 e. The second-order valence-electron chi connectivity index (χ2n) is 4.02. The number of aliphatic carboxylic acids is 1. The molecule has 4 nitrogen and oxygen atoms in total. The van der Waals surface area contributed by atoms with Gasteiger partial charge in [0.2, 0.25) is 10.5 Å². The predicted molar refractivity (Wildman–Crippen MR) is 74.7 cm³/mol. The van der Waals surface area contributed by atoms with Gasteiger partial charge in [0.05, 0.1) is 12.5 Å². The normalized spacial score (nSPS) is 10.1. The molecule has 0 fully saturated rings. The van der Waals surface area contributed by atoms with Crippen molar-refractivity contribution in [2.75, 3.05) is 12.9 Å². The maximum absolute atomic E-state index is 10.7. The lowest BCUT2D eigenvalue weighted by atomic mass is 10.2. The van der Waals surface area contributed by atoms with Crippen molar-refractivity contribution in [2.24, 2.45) is 0 Å². The number of fused-ring (bicyclic) bond motifs is 1. The predicted octanol–water partition coefficient (Wildman–Crippen LogP) is -0.663. The van der Waals surface area contributed by atoms with Crippen molar-refractivity contribution in [2.45, 2.75) is 18.5 Å². The smallest absolute Gasteiger partial charge is 0.314 e. The Bertz CT molecular complexity index is 619. The number of carboxylic acids is 1. The minimum atomic E-state index is -0.803. The Balaban J connectivity index is 0.00000200. The number of hydrogen-bond acceptors (Lipinski definition) is 3. The second-order valence-corrected chi connectivity index (χ2v) is 5.02. The average molecular weight is 358 g/mol. The maximum Gasteiger partial charge on any atom is 0.314 e. The Morgan fingerprint density at radius 2 is 2.10 bits per heavy atom. The van der Waals surface area contributed by atoms with Gasteiger partial charge in [-0.25, -0.2) is 0 Å². The summed E-state index contributed by atoms with van der Waals surface area (Å²) >= 11 is 1.34. The third kappa shape index (κ3) is 3.64. The van der Waals surface area contributed by atoms with Crippen molar-refractivity contribution in [3.63, 3.8) is 0 Å². The molecule has 108 valence electrons. The molecule has 0 saturated heterocycles. The van der Waals surface area contributed by atoms with Crippen LogP contribution in [0.3, 0.4) is 0 Å². The molecule has 1 aromatic carbocycles. The highest BCUT2D eigenvalue weighted by molar-refractivity contribution is 7.99.